The fourth-order valence-corrected chi connectivity index (χ4v) is 4.41. The predicted molar refractivity (Wildman–Crippen MR) is 127 cm³/mol. The van der Waals surface area contributed by atoms with Crippen molar-refractivity contribution in [2.24, 2.45) is 0 Å². The highest BCUT2D eigenvalue weighted by atomic mass is 79.9. The van der Waals surface area contributed by atoms with Crippen LogP contribution in [0, 0.1) is 11.3 Å². The minimum atomic E-state index is -4.68. The zero-order chi connectivity index (χ0) is 25.5. The van der Waals surface area contributed by atoms with E-state index in [0.29, 0.717) is 40.4 Å². The van der Waals surface area contributed by atoms with Gasteiger partial charge in [-0.2, -0.15) is 18.4 Å². The number of nitriles is 1. The molecule has 0 bridgehead atoms. The summed E-state index contributed by atoms with van der Waals surface area (Å²) in [5.41, 5.74) is -0.834. The number of alkyl halides is 3. The summed E-state index contributed by atoms with van der Waals surface area (Å²) >= 11 is 3.33. The van der Waals surface area contributed by atoms with Gasteiger partial charge in [0.15, 0.2) is 0 Å². The molecule has 0 radical (unpaired) electrons. The van der Waals surface area contributed by atoms with Crippen LogP contribution < -0.4 is 5.32 Å². The molecule has 184 valence electrons. The highest BCUT2D eigenvalue weighted by molar-refractivity contribution is 9.10. The minimum Gasteiger partial charge on any atom is -0.444 e. The van der Waals surface area contributed by atoms with Crippen LogP contribution >= 0.6 is 15.9 Å². The summed E-state index contributed by atoms with van der Waals surface area (Å²) in [6, 6.07) is 4.89. The normalized spacial score (nSPS) is 16.4. The molecule has 0 saturated carbocycles. The molecular weight excluding hydrogens is 529 g/mol. The number of likely N-dealkylation sites (tertiary alicyclic amines) is 1. The van der Waals surface area contributed by atoms with Gasteiger partial charge in [-0.25, -0.2) is 14.8 Å². The average molecular weight is 551 g/mol. The van der Waals surface area contributed by atoms with Crippen molar-refractivity contribution in [3.63, 3.8) is 0 Å². The Bertz CT molecular complexity index is 1330. The Labute approximate surface area is 207 Å². The van der Waals surface area contributed by atoms with E-state index in [1.807, 2.05) is 6.07 Å². The summed E-state index contributed by atoms with van der Waals surface area (Å²) in [6.07, 6.45) is -2.38. The largest absolute Gasteiger partial charge is 0.444 e. The molecule has 1 aliphatic rings. The number of aromatic nitrogens is 3. The first-order valence-corrected chi connectivity index (χ1v) is 11.6. The maximum atomic E-state index is 13.8. The van der Waals surface area contributed by atoms with Crippen molar-refractivity contribution in [3.05, 3.63) is 40.1 Å². The smallest absolute Gasteiger partial charge is 0.419 e. The molecule has 35 heavy (non-hydrogen) atoms. The number of carbonyl (C=O) groups is 1. The fraction of sp³-hybridized carbons (Fsp3) is 0.391. The van der Waals surface area contributed by atoms with Crippen molar-refractivity contribution in [1.82, 2.24) is 19.9 Å². The van der Waals surface area contributed by atoms with Crippen molar-refractivity contribution in [2.75, 3.05) is 18.4 Å². The van der Waals surface area contributed by atoms with Gasteiger partial charge < -0.3 is 19.9 Å². The minimum absolute atomic E-state index is 0.0195. The topological polar surface area (TPSA) is 107 Å². The SMILES string of the molecule is CC(C)(C)OC(=O)N1CC[C@H](Nc2ncc(C(F)(F)F)c(-c3c[nH]c4c(Br)c(C#N)ccc34)n2)C1. The van der Waals surface area contributed by atoms with E-state index in [-0.39, 0.29) is 23.2 Å². The summed E-state index contributed by atoms with van der Waals surface area (Å²) in [4.78, 5) is 24.9. The number of nitrogens with zero attached hydrogens (tertiary/aromatic N) is 4. The molecule has 2 N–H and O–H groups in total. The van der Waals surface area contributed by atoms with Gasteiger partial charge in [0.25, 0.3) is 0 Å². The second-order valence-electron chi connectivity index (χ2n) is 9.17. The number of halogens is 4. The van der Waals surface area contributed by atoms with Gasteiger partial charge in [0, 0.05) is 42.5 Å². The standard InChI is InChI=1S/C23H22BrF3N6O2/c1-22(2,3)35-21(34)33-7-6-13(11-33)31-20-30-10-16(23(25,26)27)18(32-20)15-9-29-19-14(15)5-4-12(8-28)17(19)24/h4-5,9-10,13,29H,6-7,11H2,1-3H3,(H,30,31,32)/t13-/m0/s1. The second kappa shape index (κ2) is 9.03. The van der Waals surface area contributed by atoms with Gasteiger partial charge in [0.05, 0.1) is 21.2 Å². The Morgan fingerprint density at radius 1 is 1.34 bits per heavy atom. The molecule has 1 atom stereocenters. The molecule has 3 aromatic rings. The number of aromatic amines is 1. The summed E-state index contributed by atoms with van der Waals surface area (Å²) in [7, 11) is 0. The third kappa shape index (κ3) is 5.19. The van der Waals surface area contributed by atoms with Crippen LogP contribution in [0.5, 0.6) is 0 Å². The number of hydrogen-bond acceptors (Lipinski definition) is 6. The van der Waals surface area contributed by atoms with Crippen molar-refractivity contribution < 1.29 is 22.7 Å². The molecule has 1 saturated heterocycles. The molecule has 2 aromatic heterocycles. The highest BCUT2D eigenvalue weighted by Crippen LogP contribution is 2.40. The maximum Gasteiger partial charge on any atom is 0.419 e. The lowest BCUT2D eigenvalue weighted by atomic mass is 10.0. The number of ether oxygens (including phenoxy) is 1. The molecule has 4 rings (SSSR count). The predicted octanol–water partition coefficient (Wildman–Crippen LogP) is 5.70. The van der Waals surface area contributed by atoms with Crippen LogP contribution in [-0.4, -0.2) is 50.7 Å². The van der Waals surface area contributed by atoms with Crippen LogP contribution in [0.4, 0.5) is 23.9 Å². The van der Waals surface area contributed by atoms with Crippen molar-refractivity contribution in [3.8, 4) is 17.3 Å². The number of benzene rings is 1. The molecule has 1 aliphatic heterocycles. The lowest BCUT2D eigenvalue weighted by molar-refractivity contribution is -0.137. The molecule has 0 aliphatic carbocycles. The van der Waals surface area contributed by atoms with E-state index in [9.17, 15) is 23.2 Å². The Morgan fingerprint density at radius 2 is 2.09 bits per heavy atom. The van der Waals surface area contributed by atoms with Gasteiger partial charge >= 0.3 is 12.3 Å². The zero-order valence-corrected chi connectivity index (χ0v) is 20.7. The van der Waals surface area contributed by atoms with Crippen LogP contribution in [0.3, 0.4) is 0 Å². The maximum absolute atomic E-state index is 13.8. The molecule has 12 heteroatoms. The van der Waals surface area contributed by atoms with E-state index < -0.39 is 23.4 Å². The van der Waals surface area contributed by atoms with E-state index in [1.54, 1.807) is 26.8 Å². The van der Waals surface area contributed by atoms with Crippen molar-refractivity contribution in [1.29, 1.82) is 5.26 Å². The molecule has 1 amide bonds. The quantitative estimate of drug-likeness (QED) is 0.433. The first-order valence-electron chi connectivity index (χ1n) is 10.8. The number of fused-ring (bicyclic) bond motifs is 1. The summed E-state index contributed by atoms with van der Waals surface area (Å²) in [5, 5.41) is 12.7. The molecule has 1 aromatic carbocycles. The van der Waals surface area contributed by atoms with Gasteiger partial charge in [0.2, 0.25) is 5.95 Å². The lowest BCUT2D eigenvalue weighted by Crippen LogP contribution is -2.36. The fourth-order valence-electron chi connectivity index (χ4n) is 3.86. The monoisotopic (exact) mass is 550 g/mol. The number of hydrogen-bond donors (Lipinski definition) is 2. The summed E-state index contributed by atoms with van der Waals surface area (Å²) < 4.78 is 47.3. The van der Waals surface area contributed by atoms with Gasteiger partial charge in [-0.3, -0.25) is 0 Å². The highest BCUT2D eigenvalue weighted by Gasteiger charge is 2.37. The van der Waals surface area contributed by atoms with Crippen LogP contribution in [-0.2, 0) is 10.9 Å². The molecule has 0 unspecified atom stereocenters. The molecule has 1 fully saturated rings. The van der Waals surface area contributed by atoms with Gasteiger partial charge in [0.1, 0.15) is 17.2 Å². The van der Waals surface area contributed by atoms with Crippen molar-refractivity contribution >= 4 is 38.9 Å². The first kappa shape index (κ1) is 24.8. The Balaban J connectivity index is 1.65. The number of nitrogens with one attached hydrogen (secondary N) is 2. The summed E-state index contributed by atoms with van der Waals surface area (Å²) in [5.74, 6) is 0.0195. The summed E-state index contributed by atoms with van der Waals surface area (Å²) in [6.45, 7) is 6.08. The zero-order valence-electron chi connectivity index (χ0n) is 19.1. The number of anilines is 1. The van der Waals surface area contributed by atoms with Gasteiger partial charge in [-0.15, -0.1) is 0 Å². The molecule has 0 spiro atoms. The third-order valence-electron chi connectivity index (χ3n) is 5.44. The van der Waals surface area contributed by atoms with E-state index >= 15 is 0 Å². The molecule has 3 heterocycles. The van der Waals surface area contributed by atoms with Crippen LogP contribution in [0.15, 0.2) is 29.0 Å². The van der Waals surface area contributed by atoms with E-state index in [0.717, 1.165) is 6.20 Å². The van der Waals surface area contributed by atoms with Crippen LogP contribution in [0.25, 0.3) is 22.2 Å². The van der Waals surface area contributed by atoms with Crippen LogP contribution in [0.2, 0.25) is 0 Å². The van der Waals surface area contributed by atoms with Crippen molar-refractivity contribution in [2.45, 2.75) is 45.0 Å². The third-order valence-corrected chi connectivity index (χ3v) is 6.26. The number of amides is 1. The Morgan fingerprint density at radius 3 is 2.74 bits per heavy atom. The lowest BCUT2D eigenvalue weighted by Gasteiger charge is -2.24. The number of rotatable bonds is 3. The first-order chi connectivity index (χ1) is 16.4. The second-order valence-corrected chi connectivity index (χ2v) is 9.97. The average Bonchev–Trinajstić information content (AvgIpc) is 3.39. The van der Waals surface area contributed by atoms with E-state index in [4.69, 9.17) is 4.74 Å². The van der Waals surface area contributed by atoms with Crippen LogP contribution in [0.1, 0.15) is 38.3 Å². The number of carbonyl (C=O) groups excluding carboxylic acids is 1. The van der Waals surface area contributed by atoms with E-state index in [1.165, 1.54) is 17.2 Å². The van der Waals surface area contributed by atoms with Gasteiger partial charge in [-0.1, -0.05) is 6.07 Å². The van der Waals surface area contributed by atoms with E-state index in [2.05, 4.69) is 36.2 Å². The molecular formula is C23H22BrF3N6O2. The Hall–Kier alpha value is -3.33. The Kier molecular flexibility index (Phi) is 6.40. The molecule has 8 nitrogen and oxygen atoms in total. The van der Waals surface area contributed by atoms with Gasteiger partial charge in [-0.05, 0) is 49.2 Å². The number of H-pyrrole nitrogens is 1.